The lowest BCUT2D eigenvalue weighted by molar-refractivity contribution is -0.215. The molecule has 0 bridgehead atoms. The van der Waals surface area contributed by atoms with Crippen LogP contribution in [0.25, 0.3) is 0 Å². The summed E-state index contributed by atoms with van der Waals surface area (Å²) in [6.07, 6.45) is 1.40. The Labute approximate surface area is 83.9 Å². The summed E-state index contributed by atoms with van der Waals surface area (Å²) in [5.74, 6) is -1.32. The molecule has 1 heterocycles. The van der Waals surface area contributed by atoms with Crippen LogP contribution in [0.3, 0.4) is 0 Å². The molecule has 0 aliphatic carbocycles. The van der Waals surface area contributed by atoms with Crippen LogP contribution in [0.2, 0.25) is 0 Å². The molecule has 3 N–H and O–H groups in total. The molecule has 0 aromatic carbocycles. The van der Waals surface area contributed by atoms with Gasteiger partial charge in [0, 0.05) is 19.6 Å². The predicted octanol–water partition coefficient (Wildman–Crippen LogP) is 0.154. The molecule has 1 rings (SSSR count). The number of nitrogens with one attached hydrogen (secondary N) is 1. The van der Waals surface area contributed by atoms with Crippen LogP contribution in [0.15, 0.2) is 0 Å². The van der Waals surface area contributed by atoms with Crippen LogP contribution in [-0.2, 0) is 14.4 Å². The molecule has 14 heavy (non-hydrogen) atoms. The van der Waals surface area contributed by atoms with Crippen molar-refractivity contribution in [1.82, 2.24) is 5.48 Å². The van der Waals surface area contributed by atoms with Crippen LogP contribution in [0.1, 0.15) is 26.7 Å². The van der Waals surface area contributed by atoms with Gasteiger partial charge in [-0.2, -0.15) is 5.48 Å². The lowest BCUT2D eigenvalue weighted by atomic mass is 9.98. The summed E-state index contributed by atoms with van der Waals surface area (Å²) in [6, 6.07) is 0.127. The number of carbonyl (C=O) groups is 1. The number of hydroxylamine groups is 1. The standard InChI is InChI=1S/C9H18N2O3/c1-6(2)4-7-5-9(13-3,8(10)12)14-11-7/h6-7,11H,4-5H2,1-3H3,(H2,10,12)/t7-,9+/m0/s1. The largest absolute Gasteiger partial charge is 0.365 e. The number of hydrogen-bond acceptors (Lipinski definition) is 4. The number of amides is 1. The van der Waals surface area contributed by atoms with Crippen molar-refractivity contribution in [3.05, 3.63) is 0 Å². The maximum Gasteiger partial charge on any atom is 0.279 e. The zero-order valence-corrected chi connectivity index (χ0v) is 8.87. The molecule has 0 aromatic heterocycles. The van der Waals surface area contributed by atoms with Gasteiger partial charge in [-0.3, -0.25) is 9.63 Å². The third-order valence-corrected chi connectivity index (χ3v) is 2.37. The Morgan fingerprint density at radius 1 is 1.79 bits per heavy atom. The van der Waals surface area contributed by atoms with Gasteiger partial charge in [-0.1, -0.05) is 13.8 Å². The number of ether oxygens (including phenoxy) is 1. The van der Waals surface area contributed by atoms with Gasteiger partial charge in [0.15, 0.2) is 0 Å². The van der Waals surface area contributed by atoms with E-state index in [1.165, 1.54) is 7.11 Å². The minimum Gasteiger partial charge on any atom is -0.365 e. The first-order valence-electron chi connectivity index (χ1n) is 4.79. The van der Waals surface area contributed by atoms with E-state index >= 15 is 0 Å². The summed E-state index contributed by atoms with van der Waals surface area (Å²) in [4.78, 5) is 16.2. The highest BCUT2D eigenvalue weighted by Gasteiger charge is 2.46. The summed E-state index contributed by atoms with van der Waals surface area (Å²) >= 11 is 0. The molecule has 5 heteroatoms. The molecule has 1 aliphatic heterocycles. The Balaban J connectivity index is 2.57. The number of nitrogens with two attached hydrogens (primary N) is 1. The van der Waals surface area contributed by atoms with Gasteiger partial charge in [-0.25, -0.2) is 0 Å². The normalized spacial score (nSPS) is 32.4. The van der Waals surface area contributed by atoms with E-state index in [0.29, 0.717) is 12.3 Å². The lowest BCUT2D eigenvalue weighted by Gasteiger charge is -2.20. The van der Waals surface area contributed by atoms with Crippen LogP contribution in [0.4, 0.5) is 0 Å². The van der Waals surface area contributed by atoms with E-state index in [4.69, 9.17) is 15.3 Å². The minimum atomic E-state index is -1.28. The van der Waals surface area contributed by atoms with E-state index in [1.54, 1.807) is 0 Å². The summed E-state index contributed by atoms with van der Waals surface area (Å²) in [5.41, 5.74) is 7.99. The molecular formula is C9H18N2O3. The summed E-state index contributed by atoms with van der Waals surface area (Å²) in [6.45, 7) is 4.22. The van der Waals surface area contributed by atoms with E-state index in [1.807, 2.05) is 0 Å². The Hall–Kier alpha value is -0.650. The minimum absolute atomic E-state index is 0.127. The maximum atomic E-state index is 11.1. The van der Waals surface area contributed by atoms with Crippen LogP contribution in [-0.4, -0.2) is 24.8 Å². The zero-order valence-electron chi connectivity index (χ0n) is 8.87. The van der Waals surface area contributed by atoms with Gasteiger partial charge in [0.2, 0.25) is 0 Å². The summed E-state index contributed by atoms with van der Waals surface area (Å²) in [7, 11) is 1.42. The van der Waals surface area contributed by atoms with Crippen molar-refractivity contribution in [3.8, 4) is 0 Å². The number of hydrogen-bond donors (Lipinski definition) is 2. The van der Waals surface area contributed by atoms with Crippen LogP contribution < -0.4 is 11.2 Å². The third kappa shape index (κ3) is 2.23. The fourth-order valence-corrected chi connectivity index (χ4v) is 1.66. The van der Waals surface area contributed by atoms with E-state index in [0.717, 1.165) is 6.42 Å². The van der Waals surface area contributed by atoms with E-state index < -0.39 is 11.7 Å². The third-order valence-electron chi connectivity index (χ3n) is 2.37. The van der Waals surface area contributed by atoms with Gasteiger partial charge >= 0.3 is 0 Å². The van der Waals surface area contributed by atoms with E-state index in [-0.39, 0.29) is 6.04 Å². The fraction of sp³-hybridized carbons (Fsp3) is 0.889. The summed E-state index contributed by atoms with van der Waals surface area (Å²) < 4.78 is 5.01. The summed E-state index contributed by atoms with van der Waals surface area (Å²) in [5, 5.41) is 0. The molecule has 5 nitrogen and oxygen atoms in total. The number of carbonyl (C=O) groups excluding carboxylic acids is 1. The van der Waals surface area contributed by atoms with Gasteiger partial charge in [0.1, 0.15) is 0 Å². The zero-order chi connectivity index (χ0) is 10.8. The van der Waals surface area contributed by atoms with Gasteiger partial charge < -0.3 is 10.5 Å². The molecule has 1 amide bonds. The average Bonchev–Trinajstić information content (AvgIpc) is 2.48. The first-order valence-corrected chi connectivity index (χ1v) is 4.79. The second kappa shape index (κ2) is 4.25. The number of primary amides is 1. The molecule has 1 fully saturated rings. The van der Waals surface area contributed by atoms with Crippen molar-refractivity contribution in [2.75, 3.05) is 7.11 Å². The predicted molar refractivity (Wildman–Crippen MR) is 51.0 cm³/mol. The molecule has 1 aliphatic rings. The van der Waals surface area contributed by atoms with Crippen molar-refractivity contribution < 1.29 is 14.4 Å². The second-order valence-electron chi connectivity index (χ2n) is 4.07. The number of methoxy groups -OCH3 is 1. The van der Waals surface area contributed by atoms with Crippen molar-refractivity contribution in [2.24, 2.45) is 11.7 Å². The lowest BCUT2D eigenvalue weighted by Crippen LogP contribution is -2.45. The smallest absolute Gasteiger partial charge is 0.279 e. The van der Waals surface area contributed by atoms with E-state index in [9.17, 15) is 4.79 Å². The molecule has 0 spiro atoms. The van der Waals surface area contributed by atoms with E-state index in [2.05, 4.69) is 19.3 Å². The Morgan fingerprint density at radius 3 is 2.79 bits per heavy atom. The van der Waals surface area contributed by atoms with Crippen molar-refractivity contribution in [3.63, 3.8) is 0 Å². The SMILES string of the molecule is CO[C@]1(C(N)=O)C[C@H](CC(C)C)NO1. The molecule has 82 valence electrons. The van der Waals surface area contributed by atoms with Crippen molar-refractivity contribution in [1.29, 1.82) is 0 Å². The maximum absolute atomic E-state index is 11.1. The topological polar surface area (TPSA) is 73.6 Å². The first-order chi connectivity index (χ1) is 6.50. The Bertz CT molecular complexity index is 220. The Morgan fingerprint density at radius 2 is 2.43 bits per heavy atom. The van der Waals surface area contributed by atoms with Crippen LogP contribution in [0.5, 0.6) is 0 Å². The quantitative estimate of drug-likeness (QED) is 0.680. The fourth-order valence-electron chi connectivity index (χ4n) is 1.66. The molecule has 0 radical (unpaired) electrons. The molecule has 0 unspecified atom stereocenters. The molecule has 2 atom stereocenters. The van der Waals surface area contributed by atoms with Crippen LogP contribution >= 0.6 is 0 Å². The van der Waals surface area contributed by atoms with Gasteiger partial charge in [0.05, 0.1) is 0 Å². The highest BCUT2D eigenvalue weighted by Crippen LogP contribution is 2.27. The highest BCUT2D eigenvalue weighted by molar-refractivity contribution is 5.82. The number of rotatable bonds is 4. The molecular weight excluding hydrogens is 184 g/mol. The second-order valence-corrected chi connectivity index (χ2v) is 4.07. The Kier molecular flexibility index (Phi) is 3.47. The first kappa shape index (κ1) is 11.4. The highest BCUT2D eigenvalue weighted by atomic mass is 16.8. The van der Waals surface area contributed by atoms with Crippen molar-refractivity contribution >= 4 is 5.91 Å². The average molecular weight is 202 g/mol. The van der Waals surface area contributed by atoms with Crippen LogP contribution in [0, 0.1) is 5.92 Å². The van der Waals surface area contributed by atoms with Crippen molar-refractivity contribution in [2.45, 2.75) is 38.5 Å². The monoisotopic (exact) mass is 202 g/mol. The molecule has 0 aromatic rings. The van der Waals surface area contributed by atoms with Gasteiger partial charge in [-0.15, -0.1) is 0 Å². The molecule has 0 saturated carbocycles. The molecule has 1 saturated heterocycles. The van der Waals surface area contributed by atoms with Gasteiger partial charge in [-0.05, 0) is 12.3 Å². The van der Waals surface area contributed by atoms with Gasteiger partial charge in [0.25, 0.3) is 11.7 Å².